The predicted octanol–water partition coefficient (Wildman–Crippen LogP) is 3.90. The lowest BCUT2D eigenvalue weighted by Crippen LogP contribution is -2.35. The molecule has 3 aromatic rings. The van der Waals surface area contributed by atoms with Crippen LogP contribution >= 0.6 is 0 Å². The number of ether oxygens (including phenoxy) is 1. The molecule has 3 aliphatic rings. The summed E-state index contributed by atoms with van der Waals surface area (Å²) in [6.07, 6.45) is 8.65. The summed E-state index contributed by atoms with van der Waals surface area (Å²) in [4.78, 5) is 28.9. The van der Waals surface area contributed by atoms with Gasteiger partial charge in [-0.25, -0.2) is 4.98 Å². The first kappa shape index (κ1) is 22.5. The molecular formula is C27H29N7O2. The number of fused-ring (bicyclic) bond motifs is 5. The molecule has 9 heteroatoms. The number of nitrogens with zero attached hydrogens (tertiary/aromatic N) is 4. The number of aromatic nitrogens is 3. The van der Waals surface area contributed by atoms with Gasteiger partial charge in [0.2, 0.25) is 11.8 Å². The zero-order valence-electron chi connectivity index (χ0n) is 20.3. The number of nitrogens with one attached hydrogen (secondary N) is 3. The number of carbonyl (C=O) groups is 1. The summed E-state index contributed by atoms with van der Waals surface area (Å²) < 4.78 is 5.74. The smallest absolute Gasteiger partial charge is 0.256 e. The fourth-order valence-electron chi connectivity index (χ4n) is 5.04. The number of amides is 1. The van der Waals surface area contributed by atoms with Gasteiger partial charge in [-0.15, -0.1) is 0 Å². The van der Waals surface area contributed by atoms with Gasteiger partial charge in [0.1, 0.15) is 17.2 Å². The molecule has 2 aromatic heterocycles. The minimum atomic E-state index is -0.260. The molecule has 1 saturated carbocycles. The molecule has 1 fully saturated rings. The third kappa shape index (κ3) is 4.61. The third-order valence-corrected chi connectivity index (χ3v) is 6.88. The van der Waals surface area contributed by atoms with Gasteiger partial charge in [0, 0.05) is 43.0 Å². The topological polar surface area (TPSA) is 104 Å². The zero-order chi connectivity index (χ0) is 24.5. The van der Waals surface area contributed by atoms with Crippen molar-refractivity contribution < 1.29 is 9.53 Å². The Balaban J connectivity index is 1.30. The molecule has 1 aromatic carbocycles. The van der Waals surface area contributed by atoms with E-state index in [4.69, 9.17) is 4.74 Å². The molecule has 9 nitrogen and oxygen atoms in total. The number of carbonyl (C=O) groups excluding carboxylic acids is 1. The van der Waals surface area contributed by atoms with Crippen molar-refractivity contribution >= 4 is 29.2 Å². The van der Waals surface area contributed by atoms with E-state index >= 15 is 0 Å². The van der Waals surface area contributed by atoms with E-state index in [0.717, 1.165) is 25.2 Å². The Morgan fingerprint density at radius 2 is 2.06 bits per heavy atom. The van der Waals surface area contributed by atoms with Crippen molar-refractivity contribution in [2.24, 2.45) is 0 Å². The minimum Gasteiger partial charge on any atom is -0.477 e. The molecule has 1 amide bonds. The third-order valence-electron chi connectivity index (χ3n) is 6.88. The molecule has 36 heavy (non-hydrogen) atoms. The predicted molar refractivity (Wildman–Crippen MR) is 138 cm³/mol. The van der Waals surface area contributed by atoms with E-state index in [1.54, 1.807) is 6.07 Å². The highest BCUT2D eigenvalue weighted by Gasteiger charge is 2.48. The van der Waals surface area contributed by atoms with E-state index in [2.05, 4.69) is 61.0 Å². The van der Waals surface area contributed by atoms with Crippen LogP contribution in [0.25, 0.3) is 0 Å². The molecule has 184 valence electrons. The molecule has 0 atom stereocenters. The highest BCUT2D eigenvalue weighted by atomic mass is 16.5. The van der Waals surface area contributed by atoms with Crippen LogP contribution in [0.4, 0.5) is 23.3 Å². The van der Waals surface area contributed by atoms with Crippen LogP contribution in [-0.4, -0.2) is 52.5 Å². The van der Waals surface area contributed by atoms with Gasteiger partial charge in [-0.1, -0.05) is 24.3 Å². The zero-order valence-corrected chi connectivity index (χ0v) is 20.3. The van der Waals surface area contributed by atoms with Crippen LogP contribution in [0.15, 0.2) is 54.7 Å². The first-order valence-electron chi connectivity index (χ1n) is 12.3. The van der Waals surface area contributed by atoms with Crippen LogP contribution < -0.4 is 20.7 Å². The normalized spacial score (nSPS) is 19.5. The van der Waals surface area contributed by atoms with Gasteiger partial charge in [-0.2, -0.15) is 9.97 Å². The Labute approximate surface area is 210 Å². The van der Waals surface area contributed by atoms with Crippen molar-refractivity contribution in [3.63, 3.8) is 0 Å². The summed E-state index contributed by atoms with van der Waals surface area (Å²) in [7, 11) is 2.18. The number of hydrogen-bond donors (Lipinski definition) is 3. The fourth-order valence-corrected chi connectivity index (χ4v) is 5.04. The van der Waals surface area contributed by atoms with Crippen molar-refractivity contribution in [2.75, 3.05) is 37.4 Å². The highest BCUT2D eigenvalue weighted by Crippen LogP contribution is 2.52. The van der Waals surface area contributed by atoms with E-state index in [1.165, 1.54) is 30.2 Å². The molecular weight excluding hydrogens is 454 g/mol. The lowest BCUT2D eigenvalue weighted by Gasteiger charge is -2.32. The van der Waals surface area contributed by atoms with Gasteiger partial charge >= 0.3 is 0 Å². The van der Waals surface area contributed by atoms with Gasteiger partial charge in [-0.05, 0) is 55.6 Å². The van der Waals surface area contributed by atoms with Crippen molar-refractivity contribution in [1.29, 1.82) is 0 Å². The Bertz CT molecular complexity index is 1340. The number of hydrogen-bond acceptors (Lipinski definition) is 8. The van der Waals surface area contributed by atoms with Crippen LogP contribution in [0.5, 0.6) is 5.88 Å². The molecule has 1 aliphatic carbocycles. The monoisotopic (exact) mass is 483 g/mol. The second-order valence-electron chi connectivity index (χ2n) is 9.71. The molecule has 0 saturated heterocycles. The maximum atomic E-state index is 12.9. The van der Waals surface area contributed by atoms with Crippen molar-refractivity contribution in [3.8, 4) is 5.88 Å². The average Bonchev–Trinajstić information content (AvgIpc) is 3.62. The average molecular weight is 484 g/mol. The molecule has 1 spiro atoms. The van der Waals surface area contributed by atoms with Gasteiger partial charge < -0.3 is 25.6 Å². The lowest BCUT2D eigenvalue weighted by molar-refractivity contribution is 0.0958. The second-order valence-corrected chi connectivity index (χ2v) is 9.71. The first-order valence-corrected chi connectivity index (χ1v) is 12.3. The summed E-state index contributed by atoms with van der Waals surface area (Å²) in [5, 5.41) is 9.39. The summed E-state index contributed by atoms with van der Waals surface area (Å²) >= 11 is 0. The Morgan fingerprint density at radius 1 is 1.14 bits per heavy atom. The van der Waals surface area contributed by atoms with E-state index < -0.39 is 0 Å². The van der Waals surface area contributed by atoms with Crippen molar-refractivity contribution in [3.05, 3.63) is 71.4 Å². The van der Waals surface area contributed by atoms with Crippen LogP contribution in [0.1, 0.15) is 40.7 Å². The van der Waals surface area contributed by atoms with Crippen molar-refractivity contribution in [1.82, 2.24) is 25.2 Å². The Morgan fingerprint density at radius 3 is 2.94 bits per heavy atom. The number of likely N-dealkylation sites (N-methyl/N-ethyl adjacent to an activating group) is 1. The van der Waals surface area contributed by atoms with Crippen LogP contribution in [-0.2, 0) is 12.0 Å². The second kappa shape index (κ2) is 9.23. The SMILES string of the molecule is CN1Cc2cc(Nc3ncc4c(n3)Nc3cccc(n3)OCC/C=C\CNC4=O)ccc2C2(CC2)C1. The number of pyridine rings is 1. The molecule has 0 unspecified atom stereocenters. The summed E-state index contributed by atoms with van der Waals surface area (Å²) in [5.74, 6) is 1.55. The first-order chi connectivity index (χ1) is 17.6. The van der Waals surface area contributed by atoms with Crippen molar-refractivity contribution in [2.45, 2.75) is 31.2 Å². The standard InChI is InChI=1S/C27H29N7O2/c1-34-16-18-14-19(8-9-21(18)27(17-34)10-11-27)30-26-29-15-20-24(33-26)32-22-6-5-7-23(31-22)36-13-4-2-3-12-28-25(20)35/h2-3,5-9,14-15H,4,10-13,16-17H2,1H3,(H,28,35)(H2,29,30,31,32,33)/b3-2-. The highest BCUT2D eigenvalue weighted by molar-refractivity contribution is 5.99. The summed E-state index contributed by atoms with van der Waals surface area (Å²) in [6, 6.07) is 12.0. The molecule has 3 N–H and O–H groups in total. The maximum Gasteiger partial charge on any atom is 0.256 e. The number of rotatable bonds is 2. The van der Waals surface area contributed by atoms with Crippen LogP contribution in [0.3, 0.4) is 0 Å². The van der Waals surface area contributed by atoms with Crippen LogP contribution in [0, 0.1) is 0 Å². The minimum absolute atomic E-state index is 0.260. The molecule has 6 rings (SSSR count). The molecule has 0 radical (unpaired) electrons. The largest absolute Gasteiger partial charge is 0.477 e. The Kier molecular flexibility index (Phi) is 5.77. The van der Waals surface area contributed by atoms with Gasteiger partial charge in [0.15, 0.2) is 0 Å². The van der Waals surface area contributed by atoms with E-state index in [-0.39, 0.29) is 5.91 Å². The summed E-state index contributed by atoms with van der Waals surface area (Å²) in [5.41, 5.74) is 4.41. The fraction of sp³-hybridized carbons (Fsp3) is 0.333. The van der Waals surface area contributed by atoms with Gasteiger partial charge in [-0.3, -0.25) is 4.79 Å². The van der Waals surface area contributed by atoms with E-state index in [0.29, 0.717) is 47.6 Å². The maximum absolute atomic E-state index is 12.9. The number of benzene rings is 1. The molecule has 2 bridgehead atoms. The molecule has 4 heterocycles. The van der Waals surface area contributed by atoms with Gasteiger partial charge in [0.05, 0.1) is 6.61 Å². The quantitative estimate of drug-likeness (QED) is 0.472. The lowest BCUT2D eigenvalue weighted by atomic mass is 9.87. The molecule has 2 aliphatic heterocycles. The Hall–Kier alpha value is -3.98. The number of anilines is 4. The summed E-state index contributed by atoms with van der Waals surface area (Å²) in [6.45, 7) is 2.97. The van der Waals surface area contributed by atoms with Gasteiger partial charge in [0.25, 0.3) is 5.91 Å². The van der Waals surface area contributed by atoms with E-state index in [9.17, 15) is 4.79 Å². The van der Waals surface area contributed by atoms with E-state index in [1.807, 2.05) is 24.3 Å². The van der Waals surface area contributed by atoms with Crippen LogP contribution in [0.2, 0.25) is 0 Å².